The molecule has 30 heavy (non-hydrogen) atoms. The van der Waals surface area contributed by atoms with Crippen LogP contribution in [0.4, 0.5) is 5.82 Å². The Labute approximate surface area is 176 Å². The summed E-state index contributed by atoms with van der Waals surface area (Å²) in [5.74, 6) is 0.525. The van der Waals surface area contributed by atoms with Crippen molar-refractivity contribution in [3.63, 3.8) is 0 Å². The van der Waals surface area contributed by atoms with Crippen LogP contribution in [0.25, 0.3) is 0 Å². The maximum absolute atomic E-state index is 12.7. The molecule has 2 heterocycles. The number of pyridine rings is 1. The summed E-state index contributed by atoms with van der Waals surface area (Å²) in [6.45, 7) is 3.80. The van der Waals surface area contributed by atoms with E-state index in [4.69, 9.17) is 10.5 Å². The van der Waals surface area contributed by atoms with E-state index in [2.05, 4.69) is 14.7 Å². The van der Waals surface area contributed by atoms with Gasteiger partial charge in [-0.05, 0) is 37.6 Å². The van der Waals surface area contributed by atoms with Crippen LogP contribution in [0, 0.1) is 0 Å². The van der Waals surface area contributed by atoms with Crippen molar-refractivity contribution < 1.29 is 17.9 Å². The van der Waals surface area contributed by atoms with E-state index in [1.807, 2.05) is 32.8 Å². The number of nitrogens with one attached hydrogen (secondary N) is 1. The van der Waals surface area contributed by atoms with Crippen molar-refractivity contribution in [3.8, 4) is 5.75 Å². The normalized spacial score (nSPS) is 15.0. The van der Waals surface area contributed by atoms with Crippen LogP contribution in [0.2, 0.25) is 0 Å². The van der Waals surface area contributed by atoms with E-state index in [0.717, 1.165) is 0 Å². The van der Waals surface area contributed by atoms with Crippen molar-refractivity contribution in [2.45, 2.75) is 25.1 Å². The lowest BCUT2D eigenvalue weighted by atomic mass is 10.0. The summed E-state index contributed by atoms with van der Waals surface area (Å²) in [6.07, 6.45) is 1.58. The van der Waals surface area contributed by atoms with Gasteiger partial charge in [-0.3, -0.25) is 4.79 Å². The molecule has 1 aliphatic rings. The molecule has 1 aromatic heterocycles. The molecule has 1 amide bonds. The zero-order valence-corrected chi connectivity index (χ0v) is 18.2. The molecule has 1 aromatic carbocycles. The third kappa shape index (κ3) is 4.88. The molecule has 0 atom stereocenters. The second-order valence-corrected chi connectivity index (χ2v) is 9.55. The van der Waals surface area contributed by atoms with E-state index in [1.165, 1.54) is 0 Å². The molecule has 0 spiro atoms. The van der Waals surface area contributed by atoms with Gasteiger partial charge in [-0.2, -0.15) is 0 Å². The SMILES string of the molecule is CN(C)c1cc(C(=O)NC(C)(C)COc2cccc3c2C(N)=NS(=O)(=O)C3)ccn1. The predicted molar refractivity (Wildman–Crippen MR) is 115 cm³/mol. The molecule has 0 radical (unpaired) electrons. The number of rotatable bonds is 6. The summed E-state index contributed by atoms with van der Waals surface area (Å²) in [6, 6.07) is 8.43. The van der Waals surface area contributed by atoms with Crippen LogP contribution in [0.3, 0.4) is 0 Å². The third-order valence-corrected chi connectivity index (χ3v) is 5.60. The van der Waals surface area contributed by atoms with E-state index >= 15 is 0 Å². The number of carbonyl (C=O) groups is 1. The Morgan fingerprint density at radius 3 is 2.73 bits per heavy atom. The van der Waals surface area contributed by atoms with Crippen molar-refractivity contribution in [1.29, 1.82) is 0 Å². The van der Waals surface area contributed by atoms with Gasteiger partial charge in [0.1, 0.15) is 24.0 Å². The fraction of sp³-hybridized carbons (Fsp3) is 0.350. The molecule has 160 valence electrons. The van der Waals surface area contributed by atoms with Gasteiger partial charge < -0.3 is 20.7 Å². The minimum atomic E-state index is -3.62. The number of ether oxygens (including phenoxy) is 1. The predicted octanol–water partition coefficient (Wildman–Crippen LogP) is 1.28. The summed E-state index contributed by atoms with van der Waals surface area (Å²) in [5.41, 5.74) is 6.65. The Kier molecular flexibility index (Phi) is 5.71. The van der Waals surface area contributed by atoms with Crippen LogP contribution in [-0.2, 0) is 15.8 Å². The Morgan fingerprint density at radius 2 is 2.03 bits per heavy atom. The second-order valence-electron chi connectivity index (χ2n) is 7.92. The number of hydrogen-bond donors (Lipinski definition) is 2. The van der Waals surface area contributed by atoms with Gasteiger partial charge in [0.05, 0.1) is 16.9 Å². The van der Waals surface area contributed by atoms with Gasteiger partial charge in [-0.15, -0.1) is 4.40 Å². The van der Waals surface area contributed by atoms with E-state index in [-0.39, 0.29) is 24.1 Å². The summed E-state index contributed by atoms with van der Waals surface area (Å²) < 4.78 is 33.1. The molecule has 0 bridgehead atoms. The minimum absolute atomic E-state index is 0.0957. The zero-order chi connectivity index (χ0) is 22.1. The highest BCUT2D eigenvalue weighted by Gasteiger charge is 2.27. The molecule has 10 heteroatoms. The quantitative estimate of drug-likeness (QED) is 0.705. The molecule has 0 unspecified atom stereocenters. The van der Waals surface area contributed by atoms with Gasteiger partial charge >= 0.3 is 0 Å². The molecule has 3 rings (SSSR count). The summed E-state index contributed by atoms with van der Waals surface area (Å²) >= 11 is 0. The van der Waals surface area contributed by atoms with E-state index < -0.39 is 15.6 Å². The number of aromatic nitrogens is 1. The average Bonchev–Trinajstić information content (AvgIpc) is 2.65. The van der Waals surface area contributed by atoms with Gasteiger partial charge in [-0.1, -0.05) is 12.1 Å². The van der Waals surface area contributed by atoms with Crippen molar-refractivity contribution in [2.24, 2.45) is 10.1 Å². The number of amides is 1. The molecule has 0 fully saturated rings. The largest absolute Gasteiger partial charge is 0.490 e. The molecule has 9 nitrogen and oxygen atoms in total. The first kappa shape index (κ1) is 21.6. The number of fused-ring (bicyclic) bond motifs is 1. The Morgan fingerprint density at radius 1 is 1.30 bits per heavy atom. The van der Waals surface area contributed by atoms with Crippen LogP contribution in [0.15, 0.2) is 40.9 Å². The second kappa shape index (κ2) is 7.94. The first-order chi connectivity index (χ1) is 14.0. The van der Waals surface area contributed by atoms with Crippen molar-refractivity contribution in [2.75, 3.05) is 25.6 Å². The molecule has 0 saturated carbocycles. The highest BCUT2D eigenvalue weighted by Crippen LogP contribution is 2.28. The van der Waals surface area contributed by atoms with Gasteiger partial charge in [0.15, 0.2) is 0 Å². The van der Waals surface area contributed by atoms with E-state index in [1.54, 1.807) is 36.5 Å². The summed E-state index contributed by atoms with van der Waals surface area (Å²) in [7, 11) is 0.0797. The number of carbonyl (C=O) groups excluding carboxylic acids is 1. The summed E-state index contributed by atoms with van der Waals surface area (Å²) in [5, 5.41) is 2.95. The monoisotopic (exact) mass is 431 g/mol. The van der Waals surface area contributed by atoms with Gasteiger partial charge in [0.2, 0.25) is 0 Å². The lowest BCUT2D eigenvalue weighted by Gasteiger charge is -2.27. The van der Waals surface area contributed by atoms with Crippen LogP contribution < -0.4 is 20.7 Å². The molecule has 0 saturated heterocycles. The highest BCUT2D eigenvalue weighted by atomic mass is 32.2. The van der Waals surface area contributed by atoms with Crippen LogP contribution in [0.1, 0.15) is 35.3 Å². The van der Waals surface area contributed by atoms with Gasteiger partial charge in [-0.25, -0.2) is 13.4 Å². The molecule has 2 aromatic rings. The smallest absolute Gasteiger partial charge is 0.259 e. The molecule has 3 N–H and O–H groups in total. The summed E-state index contributed by atoms with van der Waals surface area (Å²) in [4.78, 5) is 18.7. The van der Waals surface area contributed by atoms with Crippen molar-refractivity contribution in [3.05, 3.63) is 53.2 Å². The van der Waals surface area contributed by atoms with Crippen molar-refractivity contribution in [1.82, 2.24) is 10.3 Å². The van der Waals surface area contributed by atoms with E-state index in [0.29, 0.717) is 28.3 Å². The first-order valence-corrected chi connectivity index (χ1v) is 10.9. The maximum Gasteiger partial charge on any atom is 0.259 e. The minimum Gasteiger partial charge on any atom is -0.490 e. The molecular weight excluding hydrogens is 406 g/mol. The number of benzene rings is 1. The van der Waals surface area contributed by atoms with Crippen LogP contribution >= 0.6 is 0 Å². The van der Waals surface area contributed by atoms with E-state index in [9.17, 15) is 13.2 Å². The number of hydrogen-bond acceptors (Lipinski definition) is 7. The first-order valence-electron chi connectivity index (χ1n) is 9.26. The number of nitrogens with zero attached hydrogens (tertiary/aromatic N) is 3. The maximum atomic E-state index is 12.7. The van der Waals surface area contributed by atoms with Crippen molar-refractivity contribution >= 4 is 27.6 Å². The van der Waals surface area contributed by atoms with Crippen LogP contribution in [0.5, 0.6) is 5.75 Å². The van der Waals surface area contributed by atoms with Gasteiger partial charge in [0.25, 0.3) is 15.9 Å². The van der Waals surface area contributed by atoms with Gasteiger partial charge in [0, 0.05) is 25.9 Å². The molecule has 1 aliphatic heterocycles. The third-order valence-electron chi connectivity index (χ3n) is 4.45. The number of sulfonamides is 1. The lowest BCUT2D eigenvalue weighted by molar-refractivity contribution is 0.0880. The van der Waals surface area contributed by atoms with Crippen LogP contribution in [-0.4, -0.2) is 51.4 Å². The fourth-order valence-electron chi connectivity index (χ4n) is 3.01. The number of amidine groups is 1. The number of nitrogens with two attached hydrogens (primary N) is 1. The Hall–Kier alpha value is -3.14. The molecular formula is C20H25N5O4S. The topological polar surface area (TPSA) is 127 Å². The standard InChI is InChI=1S/C20H25N5O4S/c1-20(2,23-19(26)13-8-9-22-16(10-13)25(3)4)12-29-15-7-5-6-14-11-30(27,28)24-18(21)17(14)15/h5-10H,11-12H2,1-4H3,(H2,21,24)(H,23,26). The highest BCUT2D eigenvalue weighted by molar-refractivity contribution is 7.89. The Bertz CT molecular complexity index is 1110. The number of anilines is 1. The zero-order valence-electron chi connectivity index (χ0n) is 17.3. The molecule has 0 aliphatic carbocycles. The Balaban J connectivity index is 1.73. The fourth-order valence-corrected chi connectivity index (χ4v) is 4.10. The lowest BCUT2D eigenvalue weighted by Crippen LogP contribution is -2.48. The average molecular weight is 432 g/mol.